The summed E-state index contributed by atoms with van der Waals surface area (Å²) in [6, 6.07) is 7.29. The maximum atomic E-state index is 13.7. The number of pyridine rings is 1. The first-order chi connectivity index (χ1) is 13.1. The van der Waals surface area contributed by atoms with Crippen molar-refractivity contribution in [2.45, 2.75) is 6.42 Å². The number of H-pyrrole nitrogens is 1. The Morgan fingerprint density at radius 3 is 3.00 bits per heavy atom. The third-order valence-corrected chi connectivity index (χ3v) is 4.29. The molecule has 8 heteroatoms. The lowest BCUT2D eigenvalue weighted by atomic mass is 10.0. The fraction of sp³-hybridized carbons (Fsp3) is 0.105. The van der Waals surface area contributed by atoms with Gasteiger partial charge in [-0.25, -0.2) is 9.18 Å². The van der Waals surface area contributed by atoms with E-state index >= 15 is 0 Å². The summed E-state index contributed by atoms with van der Waals surface area (Å²) in [6.07, 6.45) is 5.18. The summed E-state index contributed by atoms with van der Waals surface area (Å²) in [5.74, 6) is -0.652. The molecule has 0 spiro atoms. The van der Waals surface area contributed by atoms with Gasteiger partial charge in [-0.2, -0.15) is 0 Å². The zero-order valence-corrected chi connectivity index (χ0v) is 14.2. The minimum Gasteiger partial charge on any atom is -0.350 e. The number of hydrogen-bond acceptors (Lipinski definition) is 3. The quantitative estimate of drug-likeness (QED) is 0.562. The van der Waals surface area contributed by atoms with Crippen LogP contribution >= 0.6 is 0 Å². The summed E-state index contributed by atoms with van der Waals surface area (Å²) in [5, 5.41) is 8.72. The number of carbonyl (C=O) groups is 2. The van der Waals surface area contributed by atoms with E-state index in [0.717, 1.165) is 5.57 Å². The second-order valence-electron chi connectivity index (χ2n) is 6.08. The van der Waals surface area contributed by atoms with Crippen molar-refractivity contribution in [2.75, 3.05) is 11.9 Å². The Hall–Kier alpha value is -3.68. The lowest BCUT2D eigenvalue weighted by Crippen LogP contribution is -2.24. The SMILES string of the molecule is O=C(N/C=C1\CCNC(=O)c2[nH]c3ccc(F)cc3c21)Nc1cccnc1. The standard InChI is InChI=1S/C19H16FN5O2/c20-12-3-4-15-14(8-12)16-11(5-7-22-18(26)17(16)25-15)9-23-19(27)24-13-2-1-6-21-10-13/h1-4,6,8-10,25H,5,7H2,(H,22,26)(H2,23,24,27)/b11-9+. The average molecular weight is 365 g/mol. The number of fused-ring (bicyclic) bond motifs is 3. The Balaban J connectivity index is 1.67. The highest BCUT2D eigenvalue weighted by atomic mass is 19.1. The second-order valence-corrected chi connectivity index (χ2v) is 6.08. The normalized spacial score (nSPS) is 15.1. The van der Waals surface area contributed by atoms with Crippen LogP contribution in [0, 0.1) is 5.82 Å². The Bertz CT molecular complexity index is 1060. The Kier molecular flexibility index (Phi) is 4.29. The van der Waals surface area contributed by atoms with Gasteiger partial charge in [-0.15, -0.1) is 0 Å². The van der Waals surface area contributed by atoms with Crippen molar-refractivity contribution in [3.05, 3.63) is 66.0 Å². The first kappa shape index (κ1) is 16.8. The number of amides is 3. The largest absolute Gasteiger partial charge is 0.350 e. The fourth-order valence-electron chi connectivity index (χ4n) is 3.09. The van der Waals surface area contributed by atoms with Gasteiger partial charge in [-0.1, -0.05) is 0 Å². The van der Waals surface area contributed by atoms with Gasteiger partial charge in [0.05, 0.1) is 11.9 Å². The van der Waals surface area contributed by atoms with E-state index in [1.165, 1.54) is 18.3 Å². The van der Waals surface area contributed by atoms with Gasteiger partial charge >= 0.3 is 6.03 Å². The van der Waals surface area contributed by atoms with E-state index < -0.39 is 11.8 Å². The number of aromatic nitrogens is 2. The minimum absolute atomic E-state index is 0.259. The number of nitrogens with one attached hydrogen (secondary N) is 4. The van der Waals surface area contributed by atoms with Crippen LogP contribution in [0.1, 0.15) is 22.5 Å². The second kappa shape index (κ2) is 6.91. The molecule has 7 nitrogen and oxygen atoms in total. The molecule has 136 valence electrons. The van der Waals surface area contributed by atoms with Crippen LogP contribution in [0.3, 0.4) is 0 Å². The molecule has 27 heavy (non-hydrogen) atoms. The van der Waals surface area contributed by atoms with E-state index in [1.807, 2.05) is 0 Å². The maximum absolute atomic E-state index is 13.7. The molecule has 0 aliphatic carbocycles. The fourth-order valence-corrected chi connectivity index (χ4v) is 3.09. The number of carbonyl (C=O) groups excluding carboxylic acids is 2. The van der Waals surface area contributed by atoms with Crippen LogP contribution in [0.15, 0.2) is 48.9 Å². The van der Waals surface area contributed by atoms with E-state index in [0.29, 0.717) is 40.8 Å². The minimum atomic E-state index is -0.438. The van der Waals surface area contributed by atoms with Crippen molar-refractivity contribution in [3.63, 3.8) is 0 Å². The molecule has 0 fully saturated rings. The molecule has 2 aromatic heterocycles. The van der Waals surface area contributed by atoms with Crippen LogP contribution in [0.25, 0.3) is 16.5 Å². The highest BCUT2D eigenvalue weighted by molar-refractivity contribution is 6.07. The van der Waals surface area contributed by atoms with Gasteiger partial charge in [0.1, 0.15) is 11.5 Å². The van der Waals surface area contributed by atoms with Crippen LogP contribution in [0.4, 0.5) is 14.9 Å². The van der Waals surface area contributed by atoms with Crippen molar-refractivity contribution in [1.82, 2.24) is 20.6 Å². The van der Waals surface area contributed by atoms with Crippen LogP contribution in [-0.4, -0.2) is 28.5 Å². The predicted octanol–water partition coefficient (Wildman–Crippen LogP) is 3.00. The van der Waals surface area contributed by atoms with E-state index in [4.69, 9.17) is 0 Å². The molecule has 1 aliphatic rings. The van der Waals surface area contributed by atoms with Crippen LogP contribution in [0.2, 0.25) is 0 Å². The number of benzene rings is 1. The van der Waals surface area contributed by atoms with Crippen molar-refractivity contribution in [3.8, 4) is 0 Å². The molecule has 0 radical (unpaired) electrons. The number of hydrogen-bond donors (Lipinski definition) is 4. The van der Waals surface area contributed by atoms with Gasteiger partial charge in [0.25, 0.3) is 5.91 Å². The molecule has 0 atom stereocenters. The van der Waals surface area contributed by atoms with Gasteiger partial charge in [0, 0.05) is 35.4 Å². The average Bonchev–Trinajstić information content (AvgIpc) is 2.96. The first-order valence-corrected chi connectivity index (χ1v) is 8.38. The molecular formula is C19H16FN5O2. The summed E-state index contributed by atoms with van der Waals surface area (Å²) in [4.78, 5) is 31.4. The molecular weight excluding hydrogens is 349 g/mol. The molecule has 4 N–H and O–H groups in total. The van der Waals surface area contributed by atoms with Gasteiger partial charge in [-0.3, -0.25) is 9.78 Å². The molecule has 1 aromatic carbocycles. The van der Waals surface area contributed by atoms with Crippen molar-refractivity contribution < 1.29 is 14.0 Å². The Morgan fingerprint density at radius 1 is 1.30 bits per heavy atom. The molecule has 0 bridgehead atoms. The molecule has 3 aromatic rings. The number of nitrogens with zero attached hydrogens (tertiary/aromatic N) is 1. The lowest BCUT2D eigenvalue weighted by molar-refractivity contribution is 0.0952. The number of urea groups is 1. The Labute approximate surface area is 153 Å². The van der Waals surface area contributed by atoms with E-state index in [1.54, 1.807) is 30.6 Å². The highest BCUT2D eigenvalue weighted by Gasteiger charge is 2.24. The molecule has 4 rings (SSSR count). The molecule has 0 saturated heterocycles. The van der Waals surface area contributed by atoms with Crippen molar-refractivity contribution >= 4 is 34.1 Å². The van der Waals surface area contributed by atoms with Gasteiger partial charge < -0.3 is 20.9 Å². The topological polar surface area (TPSA) is 98.9 Å². The molecule has 3 amide bonds. The van der Waals surface area contributed by atoms with Crippen LogP contribution < -0.4 is 16.0 Å². The zero-order chi connectivity index (χ0) is 18.8. The lowest BCUT2D eigenvalue weighted by Gasteiger charge is -2.08. The summed E-state index contributed by atoms with van der Waals surface area (Å²) in [5.41, 5.74) is 2.89. The molecule has 1 aliphatic heterocycles. The number of anilines is 1. The number of rotatable bonds is 2. The predicted molar refractivity (Wildman–Crippen MR) is 99.6 cm³/mol. The van der Waals surface area contributed by atoms with Gasteiger partial charge in [0.2, 0.25) is 0 Å². The van der Waals surface area contributed by atoms with Gasteiger partial charge in [-0.05, 0) is 42.3 Å². The van der Waals surface area contributed by atoms with E-state index in [-0.39, 0.29) is 5.91 Å². The van der Waals surface area contributed by atoms with Crippen molar-refractivity contribution in [2.24, 2.45) is 0 Å². The monoisotopic (exact) mass is 365 g/mol. The number of halogens is 1. The van der Waals surface area contributed by atoms with Crippen molar-refractivity contribution in [1.29, 1.82) is 0 Å². The highest BCUT2D eigenvalue weighted by Crippen LogP contribution is 2.32. The summed E-state index contributed by atoms with van der Waals surface area (Å²) in [6.45, 7) is 0.413. The maximum Gasteiger partial charge on any atom is 0.323 e. The van der Waals surface area contributed by atoms with E-state index in [2.05, 4.69) is 25.9 Å². The van der Waals surface area contributed by atoms with Crippen LogP contribution in [0.5, 0.6) is 0 Å². The summed E-state index contributed by atoms with van der Waals surface area (Å²) < 4.78 is 13.7. The molecule has 0 saturated carbocycles. The number of aromatic amines is 1. The summed E-state index contributed by atoms with van der Waals surface area (Å²) in [7, 11) is 0. The van der Waals surface area contributed by atoms with Gasteiger partial charge in [0.15, 0.2) is 0 Å². The summed E-state index contributed by atoms with van der Waals surface area (Å²) >= 11 is 0. The third-order valence-electron chi connectivity index (χ3n) is 4.29. The zero-order valence-electron chi connectivity index (χ0n) is 14.2. The Morgan fingerprint density at radius 2 is 2.19 bits per heavy atom. The van der Waals surface area contributed by atoms with E-state index in [9.17, 15) is 14.0 Å². The molecule has 0 unspecified atom stereocenters. The van der Waals surface area contributed by atoms with Crippen LogP contribution in [-0.2, 0) is 0 Å². The third kappa shape index (κ3) is 3.37. The smallest absolute Gasteiger partial charge is 0.323 e. The first-order valence-electron chi connectivity index (χ1n) is 8.38. The molecule has 3 heterocycles.